The maximum absolute atomic E-state index is 5.37. The Labute approximate surface area is 77.8 Å². The number of hydrogen-bond donors (Lipinski definition) is 2. The molecule has 1 aromatic heterocycles. The first-order valence-corrected chi connectivity index (χ1v) is 5.02. The van der Waals surface area contributed by atoms with Crippen molar-refractivity contribution in [3.05, 3.63) is 21.4 Å². The Kier molecular flexibility index (Phi) is 3.72. The Bertz CT molecular complexity index is 223. The number of nitrogens with one attached hydrogen (secondary N) is 1. The van der Waals surface area contributed by atoms with Gasteiger partial charge in [-0.25, -0.2) is 0 Å². The van der Waals surface area contributed by atoms with Gasteiger partial charge in [-0.05, 0) is 25.5 Å². The number of hydrogen-bond acceptors (Lipinski definition) is 3. The van der Waals surface area contributed by atoms with Gasteiger partial charge < -0.3 is 11.1 Å². The Morgan fingerprint density at radius 2 is 2.25 bits per heavy atom. The zero-order valence-electron chi connectivity index (χ0n) is 7.68. The van der Waals surface area contributed by atoms with Gasteiger partial charge in [-0.1, -0.05) is 0 Å². The third-order valence-corrected chi connectivity index (χ3v) is 2.99. The van der Waals surface area contributed by atoms with E-state index in [0.29, 0.717) is 6.54 Å². The van der Waals surface area contributed by atoms with Gasteiger partial charge in [-0.3, -0.25) is 0 Å². The molecule has 3 N–H and O–H groups in total. The normalized spacial score (nSPS) is 10.6. The van der Waals surface area contributed by atoms with Crippen molar-refractivity contribution in [3.8, 4) is 0 Å². The van der Waals surface area contributed by atoms with Crippen molar-refractivity contribution in [3.63, 3.8) is 0 Å². The minimum Gasteiger partial charge on any atom is -0.329 e. The molecule has 12 heavy (non-hydrogen) atoms. The maximum atomic E-state index is 5.37. The molecule has 1 heterocycles. The first-order valence-electron chi connectivity index (χ1n) is 4.20. The SMILES string of the molecule is Cc1cc(CNCCN)sc1C. The molecule has 3 heteroatoms. The smallest absolute Gasteiger partial charge is 0.0300 e. The van der Waals surface area contributed by atoms with Gasteiger partial charge in [0.2, 0.25) is 0 Å². The molecular formula is C9H16N2S. The van der Waals surface area contributed by atoms with E-state index < -0.39 is 0 Å². The lowest BCUT2D eigenvalue weighted by Gasteiger charge is -1.98. The van der Waals surface area contributed by atoms with Gasteiger partial charge in [0.1, 0.15) is 0 Å². The second kappa shape index (κ2) is 4.60. The fourth-order valence-corrected chi connectivity index (χ4v) is 2.07. The van der Waals surface area contributed by atoms with E-state index in [-0.39, 0.29) is 0 Å². The molecule has 0 radical (unpaired) electrons. The minimum absolute atomic E-state index is 0.712. The molecule has 2 nitrogen and oxygen atoms in total. The van der Waals surface area contributed by atoms with Gasteiger partial charge in [0, 0.05) is 29.4 Å². The molecule has 68 valence electrons. The lowest BCUT2D eigenvalue weighted by atomic mass is 10.3. The van der Waals surface area contributed by atoms with Gasteiger partial charge in [0.15, 0.2) is 0 Å². The van der Waals surface area contributed by atoms with Crippen molar-refractivity contribution >= 4 is 11.3 Å². The van der Waals surface area contributed by atoms with E-state index >= 15 is 0 Å². The summed E-state index contributed by atoms with van der Waals surface area (Å²) in [6.07, 6.45) is 0. The van der Waals surface area contributed by atoms with Gasteiger partial charge in [-0.2, -0.15) is 0 Å². The van der Waals surface area contributed by atoms with Crippen LogP contribution in [0.5, 0.6) is 0 Å². The van der Waals surface area contributed by atoms with Crippen LogP contribution < -0.4 is 11.1 Å². The second-order valence-electron chi connectivity index (χ2n) is 2.92. The molecule has 0 aliphatic carbocycles. The minimum atomic E-state index is 0.712. The van der Waals surface area contributed by atoms with Gasteiger partial charge in [0.25, 0.3) is 0 Å². The molecule has 0 atom stereocenters. The van der Waals surface area contributed by atoms with Crippen LogP contribution >= 0.6 is 11.3 Å². The number of thiophene rings is 1. The monoisotopic (exact) mass is 184 g/mol. The van der Waals surface area contributed by atoms with E-state index in [9.17, 15) is 0 Å². The molecule has 0 saturated carbocycles. The molecule has 0 aliphatic heterocycles. The van der Waals surface area contributed by atoms with Crippen LogP contribution in [0.1, 0.15) is 15.3 Å². The van der Waals surface area contributed by atoms with Gasteiger partial charge in [-0.15, -0.1) is 11.3 Å². The molecule has 0 aromatic carbocycles. The molecule has 0 bridgehead atoms. The van der Waals surface area contributed by atoms with E-state index in [1.54, 1.807) is 0 Å². The Hall–Kier alpha value is -0.380. The fraction of sp³-hybridized carbons (Fsp3) is 0.556. The third-order valence-electron chi connectivity index (χ3n) is 1.84. The van der Waals surface area contributed by atoms with Gasteiger partial charge in [0.05, 0.1) is 0 Å². The Morgan fingerprint density at radius 1 is 1.50 bits per heavy atom. The predicted octanol–water partition coefficient (Wildman–Crippen LogP) is 1.41. The highest BCUT2D eigenvalue weighted by atomic mass is 32.1. The van der Waals surface area contributed by atoms with Crippen LogP contribution in [-0.4, -0.2) is 13.1 Å². The zero-order valence-corrected chi connectivity index (χ0v) is 8.50. The van der Waals surface area contributed by atoms with Crippen molar-refractivity contribution in [2.24, 2.45) is 5.73 Å². The molecular weight excluding hydrogens is 168 g/mol. The quantitative estimate of drug-likeness (QED) is 0.694. The Morgan fingerprint density at radius 3 is 2.75 bits per heavy atom. The molecule has 0 unspecified atom stereocenters. The van der Waals surface area contributed by atoms with Crippen LogP contribution in [0.4, 0.5) is 0 Å². The third kappa shape index (κ3) is 2.59. The van der Waals surface area contributed by atoms with Crippen molar-refractivity contribution in [2.75, 3.05) is 13.1 Å². The summed E-state index contributed by atoms with van der Waals surface area (Å²) in [5.74, 6) is 0. The lowest BCUT2D eigenvalue weighted by Crippen LogP contribution is -2.21. The standard InChI is InChI=1S/C9H16N2S/c1-7-5-9(12-8(7)2)6-11-4-3-10/h5,11H,3-4,6,10H2,1-2H3. The van der Waals surface area contributed by atoms with Crippen LogP contribution in [0.3, 0.4) is 0 Å². The van der Waals surface area contributed by atoms with E-state index in [4.69, 9.17) is 5.73 Å². The average Bonchev–Trinajstić information content (AvgIpc) is 2.32. The lowest BCUT2D eigenvalue weighted by molar-refractivity contribution is 0.701. The summed E-state index contributed by atoms with van der Waals surface area (Å²) in [5.41, 5.74) is 6.76. The summed E-state index contributed by atoms with van der Waals surface area (Å²) in [6, 6.07) is 2.24. The topological polar surface area (TPSA) is 38.0 Å². The molecule has 0 saturated heterocycles. The summed E-state index contributed by atoms with van der Waals surface area (Å²) in [6.45, 7) is 6.88. The number of aryl methyl sites for hydroxylation is 2. The van der Waals surface area contributed by atoms with Crippen molar-refractivity contribution < 1.29 is 0 Å². The van der Waals surface area contributed by atoms with Crippen LogP contribution in [0.25, 0.3) is 0 Å². The largest absolute Gasteiger partial charge is 0.329 e. The van der Waals surface area contributed by atoms with Crippen molar-refractivity contribution in [2.45, 2.75) is 20.4 Å². The van der Waals surface area contributed by atoms with E-state index in [2.05, 4.69) is 25.2 Å². The summed E-state index contributed by atoms with van der Waals surface area (Å²) in [4.78, 5) is 2.82. The van der Waals surface area contributed by atoms with Gasteiger partial charge >= 0.3 is 0 Å². The van der Waals surface area contributed by atoms with Crippen LogP contribution in [0.15, 0.2) is 6.07 Å². The van der Waals surface area contributed by atoms with Crippen molar-refractivity contribution in [1.29, 1.82) is 0 Å². The van der Waals surface area contributed by atoms with Crippen LogP contribution in [0, 0.1) is 13.8 Å². The number of rotatable bonds is 4. The second-order valence-corrected chi connectivity index (χ2v) is 4.26. The first kappa shape index (κ1) is 9.71. The van der Waals surface area contributed by atoms with E-state index in [1.807, 2.05) is 11.3 Å². The summed E-state index contributed by atoms with van der Waals surface area (Å²) in [5, 5.41) is 3.28. The Balaban J connectivity index is 2.42. The molecule has 0 amide bonds. The first-order chi connectivity index (χ1) is 5.74. The molecule has 1 aromatic rings. The highest BCUT2D eigenvalue weighted by Gasteiger charge is 1.99. The summed E-state index contributed by atoms with van der Waals surface area (Å²) < 4.78 is 0. The summed E-state index contributed by atoms with van der Waals surface area (Å²) in [7, 11) is 0. The van der Waals surface area contributed by atoms with Crippen LogP contribution in [-0.2, 0) is 6.54 Å². The average molecular weight is 184 g/mol. The van der Waals surface area contributed by atoms with Crippen LogP contribution in [0.2, 0.25) is 0 Å². The summed E-state index contributed by atoms with van der Waals surface area (Å²) >= 11 is 1.86. The predicted molar refractivity (Wildman–Crippen MR) is 54.6 cm³/mol. The molecule has 0 aliphatic rings. The zero-order chi connectivity index (χ0) is 8.97. The highest BCUT2D eigenvalue weighted by Crippen LogP contribution is 2.19. The maximum Gasteiger partial charge on any atom is 0.0300 e. The molecule has 1 rings (SSSR count). The van der Waals surface area contributed by atoms with E-state index in [1.165, 1.54) is 15.3 Å². The highest BCUT2D eigenvalue weighted by molar-refractivity contribution is 7.12. The number of nitrogens with two attached hydrogens (primary N) is 1. The van der Waals surface area contributed by atoms with Crippen molar-refractivity contribution in [1.82, 2.24) is 5.32 Å². The van der Waals surface area contributed by atoms with E-state index in [0.717, 1.165) is 13.1 Å². The fourth-order valence-electron chi connectivity index (χ4n) is 1.05. The molecule has 0 fully saturated rings. The molecule has 0 spiro atoms.